The lowest BCUT2D eigenvalue weighted by Crippen LogP contribution is -2.27. The number of rotatable bonds is 10. The fourth-order valence-corrected chi connectivity index (χ4v) is 1.94. The zero-order valence-corrected chi connectivity index (χ0v) is 13.2. The lowest BCUT2D eigenvalue weighted by atomic mass is 10.3. The molecule has 6 heteroatoms. The van der Waals surface area contributed by atoms with Crippen LogP contribution in [0.2, 0.25) is 0 Å². The number of furan rings is 1. The molecule has 2 rings (SSSR count). The average Bonchev–Trinajstić information content (AvgIpc) is 3.05. The molecular weight excluding hydrogens is 296 g/mol. The predicted molar refractivity (Wildman–Crippen MR) is 87.5 cm³/mol. The van der Waals surface area contributed by atoms with E-state index in [0.717, 1.165) is 5.76 Å². The van der Waals surface area contributed by atoms with E-state index in [-0.39, 0.29) is 12.5 Å². The molecule has 6 nitrogen and oxygen atoms in total. The summed E-state index contributed by atoms with van der Waals surface area (Å²) in [5.74, 6) is 1.37. The molecule has 0 aliphatic carbocycles. The van der Waals surface area contributed by atoms with Crippen molar-refractivity contribution in [1.29, 1.82) is 0 Å². The van der Waals surface area contributed by atoms with Gasteiger partial charge >= 0.3 is 0 Å². The first-order chi connectivity index (χ1) is 11.3. The smallest absolute Gasteiger partial charge is 0.238 e. The van der Waals surface area contributed by atoms with Gasteiger partial charge in [0, 0.05) is 18.4 Å². The molecular formula is C17H22N2O4. The van der Waals surface area contributed by atoms with E-state index in [1.807, 2.05) is 37.3 Å². The molecule has 0 fully saturated rings. The van der Waals surface area contributed by atoms with Crippen LogP contribution in [0.15, 0.2) is 47.1 Å². The van der Waals surface area contributed by atoms with Gasteiger partial charge in [-0.05, 0) is 31.2 Å². The van der Waals surface area contributed by atoms with Crippen molar-refractivity contribution in [1.82, 2.24) is 5.32 Å². The lowest BCUT2D eigenvalue weighted by molar-refractivity contribution is -0.115. The second-order valence-corrected chi connectivity index (χ2v) is 4.80. The molecule has 0 unspecified atom stereocenters. The van der Waals surface area contributed by atoms with E-state index in [1.165, 1.54) is 0 Å². The van der Waals surface area contributed by atoms with Crippen molar-refractivity contribution in [2.75, 3.05) is 31.7 Å². The number of amides is 1. The average molecular weight is 318 g/mol. The molecule has 0 atom stereocenters. The number of ether oxygens (including phenoxy) is 2. The number of carbonyl (C=O) groups excluding carboxylic acids is 1. The van der Waals surface area contributed by atoms with E-state index in [0.29, 0.717) is 37.8 Å². The molecule has 0 aliphatic rings. The summed E-state index contributed by atoms with van der Waals surface area (Å²) in [4.78, 5) is 11.9. The van der Waals surface area contributed by atoms with Gasteiger partial charge in [-0.2, -0.15) is 0 Å². The van der Waals surface area contributed by atoms with Crippen molar-refractivity contribution in [3.8, 4) is 5.75 Å². The summed E-state index contributed by atoms with van der Waals surface area (Å²) in [6, 6.07) is 11.0. The van der Waals surface area contributed by atoms with Gasteiger partial charge in [0.1, 0.15) is 18.1 Å². The maximum atomic E-state index is 11.9. The van der Waals surface area contributed by atoms with Crippen molar-refractivity contribution < 1.29 is 18.7 Å². The summed E-state index contributed by atoms with van der Waals surface area (Å²) in [5, 5.41) is 5.84. The summed E-state index contributed by atoms with van der Waals surface area (Å²) in [6.07, 6.45) is 1.61. The Labute approximate surface area is 135 Å². The van der Waals surface area contributed by atoms with Gasteiger partial charge in [-0.1, -0.05) is 6.07 Å². The molecule has 2 aromatic rings. The largest absolute Gasteiger partial charge is 0.491 e. The number of anilines is 1. The van der Waals surface area contributed by atoms with Crippen LogP contribution in [0.3, 0.4) is 0 Å². The summed E-state index contributed by atoms with van der Waals surface area (Å²) in [5.41, 5.74) is 0.698. The van der Waals surface area contributed by atoms with Crippen LogP contribution < -0.4 is 15.4 Å². The minimum absolute atomic E-state index is 0.122. The van der Waals surface area contributed by atoms with Gasteiger partial charge in [-0.3, -0.25) is 4.79 Å². The summed E-state index contributed by atoms with van der Waals surface area (Å²) < 4.78 is 16.0. The predicted octanol–water partition coefficient (Wildman–Crippen LogP) is 2.42. The maximum absolute atomic E-state index is 11.9. The van der Waals surface area contributed by atoms with E-state index >= 15 is 0 Å². The molecule has 0 bridgehead atoms. The molecule has 0 radical (unpaired) electrons. The van der Waals surface area contributed by atoms with Crippen LogP contribution in [0.1, 0.15) is 12.7 Å². The van der Waals surface area contributed by atoms with Gasteiger partial charge in [0.15, 0.2) is 0 Å². The van der Waals surface area contributed by atoms with Crippen molar-refractivity contribution in [3.63, 3.8) is 0 Å². The quantitative estimate of drug-likeness (QED) is 0.658. The summed E-state index contributed by atoms with van der Waals surface area (Å²) >= 11 is 0. The Bertz CT molecular complexity index is 584. The molecule has 0 saturated heterocycles. The van der Waals surface area contributed by atoms with Gasteiger partial charge in [0.25, 0.3) is 0 Å². The number of benzene rings is 1. The topological polar surface area (TPSA) is 72.7 Å². The van der Waals surface area contributed by atoms with Crippen LogP contribution in [-0.2, 0) is 16.1 Å². The standard InChI is InChI=1S/C17H22N2O4/c1-2-21-9-10-23-15-6-3-5-14(11-15)19-17(20)13-18-12-16-7-4-8-22-16/h3-8,11,18H,2,9-10,12-13H2,1H3,(H,19,20). The highest BCUT2D eigenvalue weighted by molar-refractivity contribution is 5.92. The molecule has 0 aliphatic heterocycles. The number of carbonyl (C=O) groups is 1. The second-order valence-electron chi connectivity index (χ2n) is 4.80. The number of hydrogen-bond acceptors (Lipinski definition) is 5. The molecule has 0 saturated carbocycles. The first kappa shape index (κ1) is 17.1. The normalized spacial score (nSPS) is 10.5. The molecule has 2 N–H and O–H groups in total. The summed E-state index contributed by atoms with van der Waals surface area (Å²) in [7, 11) is 0. The minimum atomic E-state index is -0.122. The van der Waals surface area contributed by atoms with E-state index in [2.05, 4.69) is 10.6 Å². The minimum Gasteiger partial charge on any atom is -0.491 e. The van der Waals surface area contributed by atoms with Crippen molar-refractivity contribution in [3.05, 3.63) is 48.4 Å². The molecule has 0 spiro atoms. The Balaban J connectivity index is 1.72. The third-order valence-electron chi connectivity index (χ3n) is 2.98. The van der Waals surface area contributed by atoms with Crippen LogP contribution in [0, 0.1) is 0 Å². The van der Waals surface area contributed by atoms with Gasteiger partial charge in [-0.25, -0.2) is 0 Å². The maximum Gasteiger partial charge on any atom is 0.238 e. The zero-order chi connectivity index (χ0) is 16.3. The fourth-order valence-electron chi connectivity index (χ4n) is 1.94. The zero-order valence-electron chi connectivity index (χ0n) is 13.2. The van der Waals surface area contributed by atoms with Crippen LogP contribution in [0.4, 0.5) is 5.69 Å². The Kier molecular flexibility index (Phi) is 7.16. The molecule has 23 heavy (non-hydrogen) atoms. The van der Waals surface area contributed by atoms with Gasteiger partial charge < -0.3 is 24.5 Å². The first-order valence-electron chi connectivity index (χ1n) is 7.61. The molecule has 1 aromatic carbocycles. The fraction of sp³-hybridized carbons (Fsp3) is 0.353. The van der Waals surface area contributed by atoms with Crippen LogP contribution in [0.25, 0.3) is 0 Å². The van der Waals surface area contributed by atoms with E-state index in [1.54, 1.807) is 12.3 Å². The van der Waals surface area contributed by atoms with E-state index in [4.69, 9.17) is 13.9 Å². The summed E-state index contributed by atoms with van der Waals surface area (Å²) in [6.45, 7) is 4.36. The van der Waals surface area contributed by atoms with E-state index < -0.39 is 0 Å². The molecule has 124 valence electrons. The Morgan fingerprint density at radius 3 is 2.91 bits per heavy atom. The van der Waals surface area contributed by atoms with Crippen molar-refractivity contribution in [2.45, 2.75) is 13.5 Å². The highest BCUT2D eigenvalue weighted by Gasteiger charge is 2.04. The monoisotopic (exact) mass is 318 g/mol. The third-order valence-corrected chi connectivity index (χ3v) is 2.98. The number of hydrogen-bond donors (Lipinski definition) is 2. The highest BCUT2D eigenvalue weighted by Crippen LogP contribution is 2.17. The Morgan fingerprint density at radius 2 is 2.13 bits per heavy atom. The van der Waals surface area contributed by atoms with Crippen molar-refractivity contribution >= 4 is 11.6 Å². The molecule has 1 amide bonds. The van der Waals surface area contributed by atoms with Gasteiger partial charge in [-0.15, -0.1) is 0 Å². The lowest BCUT2D eigenvalue weighted by Gasteiger charge is -2.09. The first-order valence-corrected chi connectivity index (χ1v) is 7.61. The van der Waals surface area contributed by atoms with Gasteiger partial charge in [0.05, 0.1) is 26.0 Å². The highest BCUT2D eigenvalue weighted by atomic mass is 16.5. The molecule has 1 heterocycles. The van der Waals surface area contributed by atoms with Gasteiger partial charge in [0.2, 0.25) is 5.91 Å². The SMILES string of the molecule is CCOCCOc1cccc(NC(=O)CNCc2ccco2)c1. The van der Waals surface area contributed by atoms with E-state index in [9.17, 15) is 4.79 Å². The second kappa shape index (κ2) is 9.66. The van der Waals surface area contributed by atoms with Crippen molar-refractivity contribution in [2.24, 2.45) is 0 Å². The molecule has 1 aromatic heterocycles. The Morgan fingerprint density at radius 1 is 1.22 bits per heavy atom. The number of nitrogens with one attached hydrogen (secondary N) is 2. The van der Waals surface area contributed by atoms with Crippen LogP contribution >= 0.6 is 0 Å². The van der Waals surface area contributed by atoms with Crippen LogP contribution in [-0.4, -0.2) is 32.3 Å². The van der Waals surface area contributed by atoms with Crippen LogP contribution in [0.5, 0.6) is 5.75 Å². The Hall–Kier alpha value is -2.31. The third kappa shape index (κ3) is 6.54.